The molecule has 1 heteroatoms. The highest BCUT2D eigenvalue weighted by Gasteiger charge is 2.46. The fourth-order valence-corrected chi connectivity index (χ4v) is 3.93. The monoisotopic (exact) mass is 385 g/mol. The van der Waals surface area contributed by atoms with Gasteiger partial charge in [0, 0.05) is 0 Å². The number of rotatable bonds is 6. The number of nitriles is 1. The van der Waals surface area contributed by atoms with E-state index in [0.717, 1.165) is 12.8 Å². The average Bonchev–Trinajstić information content (AvgIpc) is 2.58. The van der Waals surface area contributed by atoms with Crippen LogP contribution in [0.15, 0.2) is 30.3 Å². The highest BCUT2D eigenvalue weighted by Crippen LogP contribution is 2.54. The second-order valence-electron chi connectivity index (χ2n) is 11.6. The van der Waals surface area contributed by atoms with Crippen molar-refractivity contribution >= 4 is 0 Å². The Morgan fingerprint density at radius 3 is 1.61 bits per heavy atom. The lowest BCUT2D eigenvalue weighted by Gasteiger charge is -2.49. The highest BCUT2D eigenvalue weighted by atomic mass is 14.5. The van der Waals surface area contributed by atoms with Crippen molar-refractivity contribution in [1.82, 2.24) is 0 Å². The Kier molecular flexibility index (Phi) is 9.50. The summed E-state index contributed by atoms with van der Waals surface area (Å²) in [6, 6.07) is 13.6. The van der Waals surface area contributed by atoms with E-state index in [1.807, 2.05) is 13.8 Å². The molecule has 1 aromatic carbocycles. The van der Waals surface area contributed by atoms with Gasteiger partial charge in [0.05, 0.1) is 12.0 Å². The van der Waals surface area contributed by atoms with Crippen molar-refractivity contribution in [3.63, 3.8) is 0 Å². The van der Waals surface area contributed by atoms with Gasteiger partial charge < -0.3 is 0 Å². The van der Waals surface area contributed by atoms with Crippen LogP contribution < -0.4 is 0 Å². The van der Waals surface area contributed by atoms with E-state index >= 15 is 0 Å². The molecule has 2 unspecified atom stereocenters. The molecule has 0 heterocycles. The number of nitrogens with zero attached hydrogens (tertiary/aromatic N) is 1. The van der Waals surface area contributed by atoms with Crippen molar-refractivity contribution in [2.45, 2.75) is 102 Å². The molecule has 0 saturated carbocycles. The Hall–Kier alpha value is -1.29. The number of hydrogen-bond acceptors (Lipinski definition) is 1. The van der Waals surface area contributed by atoms with Crippen LogP contribution in [0.2, 0.25) is 0 Å². The molecule has 0 bridgehead atoms. The normalized spacial score (nSPS) is 15.1. The Morgan fingerprint density at radius 2 is 1.25 bits per heavy atom. The van der Waals surface area contributed by atoms with E-state index < -0.39 is 0 Å². The van der Waals surface area contributed by atoms with Crippen LogP contribution in [0.25, 0.3) is 0 Å². The van der Waals surface area contributed by atoms with E-state index in [0.29, 0.717) is 5.92 Å². The number of hydrogen-bond donors (Lipinski definition) is 0. The molecule has 0 amide bonds. The van der Waals surface area contributed by atoms with Crippen molar-refractivity contribution in [1.29, 1.82) is 5.26 Å². The molecule has 0 aliphatic heterocycles. The molecule has 1 aromatic rings. The molecule has 160 valence electrons. The molecule has 1 nitrogen and oxygen atoms in total. The second-order valence-corrected chi connectivity index (χ2v) is 11.6. The fourth-order valence-electron chi connectivity index (χ4n) is 3.93. The predicted octanol–water partition coefficient (Wildman–Crippen LogP) is 8.86. The predicted molar refractivity (Wildman–Crippen MR) is 125 cm³/mol. The third-order valence-corrected chi connectivity index (χ3v) is 6.55. The first-order valence-corrected chi connectivity index (χ1v) is 11.1. The van der Waals surface area contributed by atoms with Crippen molar-refractivity contribution < 1.29 is 0 Å². The zero-order chi connectivity index (χ0) is 22.4. The van der Waals surface area contributed by atoms with Gasteiger partial charge in [-0.3, -0.25) is 0 Å². The topological polar surface area (TPSA) is 23.8 Å². The van der Waals surface area contributed by atoms with Gasteiger partial charge in [-0.15, -0.1) is 0 Å². The van der Waals surface area contributed by atoms with E-state index in [4.69, 9.17) is 0 Å². The maximum atomic E-state index is 9.95. The summed E-state index contributed by atoms with van der Waals surface area (Å²) in [5, 5.41) is 9.95. The van der Waals surface area contributed by atoms with Gasteiger partial charge in [-0.25, -0.2) is 0 Å². The summed E-state index contributed by atoms with van der Waals surface area (Å²) in [6.07, 6.45) is 2.02. The summed E-state index contributed by atoms with van der Waals surface area (Å²) >= 11 is 0. The van der Waals surface area contributed by atoms with Crippen molar-refractivity contribution in [2.24, 2.45) is 27.6 Å². The molecule has 0 fully saturated rings. The van der Waals surface area contributed by atoms with E-state index in [-0.39, 0.29) is 27.6 Å². The summed E-state index contributed by atoms with van der Waals surface area (Å²) in [5.41, 5.74) is 1.74. The molecule has 0 aliphatic carbocycles. The molecule has 0 saturated heterocycles. The summed E-state index contributed by atoms with van der Waals surface area (Å²) in [6.45, 7) is 27.1. The number of benzene rings is 1. The summed E-state index contributed by atoms with van der Waals surface area (Å²) in [5.74, 6) is 0.515. The molecule has 2 atom stereocenters. The van der Waals surface area contributed by atoms with E-state index in [1.165, 1.54) is 5.56 Å². The van der Waals surface area contributed by atoms with Gasteiger partial charge >= 0.3 is 0 Å². The van der Waals surface area contributed by atoms with Crippen LogP contribution in [-0.2, 0) is 0 Å². The van der Waals surface area contributed by atoms with Gasteiger partial charge in [0.1, 0.15) is 0 Å². The molecule has 0 aliphatic rings. The Bertz CT molecular complexity index is 602. The summed E-state index contributed by atoms with van der Waals surface area (Å²) in [7, 11) is 0. The standard InChI is InChI=1S/C25H41N.C2H6/c1-22(2,3)16-20(18-26)25(9,10)24(7,8)17-21(23(4,5)6)19-14-12-11-13-15-19;1-2/h11-15,20-21H,16-17H2,1-10H3;1-2H3. The molecule has 0 aromatic heterocycles. The van der Waals surface area contributed by atoms with Crippen molar-refractivity contribution in [3.05, 3.63) is 35.9 Å². The third kappa shape index (κ3) is 7.27. The Labute approximate surface area is 176 Å². The molecular formula is C27H47N. The second kappa shape index (κ2) is 9.96. The van der Waals surface area contributed by atoms with Gasteiger partial charge in [-0.05, 0) is 46.0 Å². The average molecular weight is 386 g/mol. The van der Waals surface area contributed by atoms with Crippen molar-refractivity contribution in [3.8, 4) is 6.07 Å². The van der Waals surface area contributed by atoms with E-state index in [9.17, 15) is 5.26 Å². The maximum absolute atomic E-state index is 9.95. The van der Waals surface area contributed by atoms with Crippen LogP contribution in [0.4, 0.5) is 0 Å². The summed E-state index contributed by atoms with van der Waals surface area (Å²) < 4.78 is 0. The molecule has 0 N–H and O–H groups in total. The highest BCUT2D eigenvalue weighted by molar-refractivity contribution is 5.22. The fraction of sp³-hybridized carbons (Fsp3) is 0.741. The zero-order valence-electron chi connectivity index (χ0n) is 20.9. The quantitative estimate of drug-likeness (QED) is 0.479. The zero-order valence-corrected chi connectivity index (χ0v) is 20.9. The van der Waals surface area contributed by atoms with Crippen LogP contribution in [-0.4, -0.2) is 0 Å². The maximum Gasteiger partial charge on any atom is 0.0661 e. The first-order chi connectivity index (χ1) is 12.6. The van der Waals surface area contributed by atoms with Crippen LogP contribution in [0, 0.1) is 38.9 Å². The lowest BCUT2D eigenvalue weighted by molar-refractivity contribution is 0.0208. The first-order valence-electron chi connectivity index (χ1n) is 11.1. The van der Waals surface area contributed by atoms with Crippen molar-refractivity contribution in [2.75, 3.05) is 0 Å². The van der Waals surface area contributed by atoms with Gasteiger partial charge in [0.2, 0.25) is 0 Å². The minimum absolute atomic E-state index is 0.0481. The van der Waals surface area contributed by atoms with E-state index in [2.05, 4.69) is 106 Å². The van der Waals surface area contributed by atoms with Crippen LogP contribution in [0.5, 0.6) is 0 Å². The van der Waals surface area contributed by atoms with Gasteiger partial charge in [-0.2, -0.15) is 5.26 Å². The van der Waals surface area contributed by atoms with Crippen LogP contribution >= 0.6 is 0 Å². The molecule has 28 heavy (non-hydrogen) atoms. The minimum Gasteiger partial charge on any atom is -0.198 e. The van der Waals surface area contributed by atoms with E-state index in [1.54, 1.807) is 0 Å². The van der Waals surface area contributed by atoms with Gasteiger partial charge in [0.15, 0.2) is 0 Å². The lowest BCUT2D eigenvalue weighted by Crippen LogP contribution is -2.42. The Balaban J connectivity index is 0.00000352. The SMILES string of the molecule is CC.CC(C)(C)CC(C#N)C(C)(C)C(C)(C)CC(c1ccccc1)C(C)(C)C. The first kappa shape index (κ1) is 26.7. The smallest absolute Gasteiger partial charge is 0.0661 e. The molecule has 1 rings (SSSR count). The Morgan fingerprint density at radius 1 is 0.786 bits per heavy atom. The summed E-state index contributed by atoms with van der Waals surface area (Å²) in [4.78, 5) is 0. The minimum atomic E-state index is -0.0622. The molecular weight excluding hydrogens is 338 g/mol. The lowest BCUT2D eigenvalue weighted by atomic mass is 9.54. The largest absolute Gasteiger partial charge is 0.198 e. The molecule has 0 spiro atoms. The van der Waals surface area contributed by atoms with Gasteiger partial charge in [0.25, 0.3) is 0 Å². The molecule has 0 radical (unpaired) electrons. The third-order valence-electron chi connectivity index (χ3n) is 6.55. The van der Waals surface area contributed by atoms with Crippen LogP contribution in [0.3, 0.4) is 0 Å². The van der Waals surface area contributed by atoms with Gasteiger partial charge in [-0.1, -0.05) is 113 Å². The van der Waals surface area contributed by atoms with Crippen LogP contribution in [0.1, 0.15) is 107 Å².